The monoisotopic (exact) mass is 336 g/mol. The Morgan fingerprint density at radius 1 is 1.17 bits per heavy atom. The molecule has 2 aromatic rings. The number of phenols is 1. The van der Waals surface area contributed by atoms with Crippen LogP contribution in [0.2, 0.25) is 5.02 Å². The van der Waals surface area contributed by atoms with E-state index < -0.39 is 11.9 Å². The van der Waals surface area contributed by atoms with Crippen molar-refractivity contribution in [2.45, 2.75) is 13.3 Å². The van der Waals surface area contributed by atoms with Gasteiger partial charge in [0.25, 0.3) is 0 Å². The SMILES string of the molecule is CCc1cccc(O)c1.COC(=O)c1ccc(C(=O)O)cc1Cl. The van der Waals surface area contributed by atoms with Crippen LogP contribution in [-0.2, 0) is 11.2 Å². The van der Waals surface area contributed by atoms with Gasteiger partial charge < -0.3 is 14.9 Å². The maximum Gasteiger partial charge on any atom is 0.339 e. The molecule has 2 N–H and O–H groups in total. The number of rotatable bonds is 3. The van der Waals surface area contributed by atoms with Crippen LogP contribution in [0.5, 0.6) is 5.75 Å². The summed E-state index contributed by atoms with van der Waals surface area (Å²) >= 11 is 5.68. The van der Waals surface area contributed by atoms with Crippen LogP contribution in [0.4, 0.5) is 0 Å². The van der Waals surface area contributed by atoms with Crippen molar-refractivity contribution >= 4 is 23.5 Å². The van der Waals surface area contributed by atoms with Gasteiger partial charge in [-0.1, -0.05) is 30.7 Å². The fourth-order valence-corrected chi connectivity index (χ4v) is 1.96. The molecule has 0 fully saturated rings. The molecule has 5 nitrogen and oxygen atoms in total. The number of carbonyl (C=O) groups excluding carboxylic acids is 1. The van der Waals surface area contributed by atoms with Crippen LogP contribution in [-0.4, -0.2) is 29.3 Å². The first kappa shape index (κ1) is 18.5. The lowest BCUT2D eigenvalue weighted by Crippen LogP contribution is -2.04. The van der Waals surface area contributed by atoms with Crippen molar-refractivity contribution in [3.63, 3.8) is 0 Å². The lowest BCUT2D eigenvalue weighted by Gasteiger charge is -2.02. The lowest BCUT2D eigenvalue weighted by atomic mass is 10.1. The lowest BCUT2D eigenvalue weighted by molar-refractivity contribution is 0.0598. The normalized spacial score (nSPS) is 9.52. The molecule has 122 valence electrons. The largest absolute Gasteiger partial charge is 0.508 e. The van der Waals surface area contributed by atoms with E-state index in [1.54, 1.807) is 12.1 Å². The first-order valence-electron chi connectivity index (χ1n) is 6.78. The number of benzene rings is 2. The van der Waals surface area contributed by atoms with Gasteiger partial charge >= 0.3 is 11.9 Å². The second-order valence-corrected chi connectivity index (χ2v) is 4.92. The number of hydrogen-bond donors (Lipinski definition) is 2. The number of aryl methyl sites for hydroxylation is 1. The molecule has 0 radical (unpaired) electrons. The van der Waals surface area contributed by atoms with E-state index in [4.69, 9.17) is 21.8 Å². The Kier molecular flexibility index (Phi) is 7.09. The number of aromatic hydroxyl groups is 1. The predicted molar refractivity (Wildman–Crippen MR) is 87.2 cm³/mol. The minimum absolute atomic E-state index is 0.0302. The third-order valence-corrected chi connectivity index (χ3v) is 3.25. The van der Waals surface area contributed by atoms with Crippen molar-refractivity contribution in [3.05, 3.63) is 64.2 Å². The highest BCUT2D eigenvalue weighted by molar-refractivity contribution is 6.33. The van der Waals surface area contributed by atoms with Crippen molar-refractivity contribution in [1.82, 2.24) is 0 Å². The Morgan fingerprint density at radius 3 is 2.30 bits per heavy atom. The van der Waals surface area contributed by atoms with Gasteiger partial charge in [-0.05, 0) is 42.3 Å². The highest BCUT2D eigenvalue weighted by Crippen LogP contribution is 2.18. The summed E-state index contributed by atoms with van der Waals surface area (Å²) in [6, 6.07) is 11.1. The van der Waals surface area contributed by atoms with Gasteiger partial charge in [0.1, 0.15) is 5.75 Å². The topological polar surface area (TPSA) is 83.8 Å². The maximum atomic E-state index is 11.1. The molecule has 6 heteroatoms. The number of aromatic carboxylic acids is 1. The second kappa shape index (κ2) is 8.80. The molecular formula is C17H17ClO5. The summed E-state index contributed by atoms with van der Waals surface area (Å²) in [5.74, 6) is -1.33. The summed E-state index contributed by atoms with van der Waals surface area (Å²) in [6.45, 7) is 2.06. The van der Waals surface area contributed by atoms with Crippen LogP contribution in [0.15, 0.2) is 42.5 Å². The van der Waals surface area contributed by atoms with Gasteiger partial charge in [-0.3, -0.25) is 0 Å². The number of esters is 1. The standard InChI is InChI=1S/C9H7ClO4.C8H10O/c1-14-9(13)6-3-2-5(8(11)12)4-7(6)10;1-2-7-4-3-5-8(9)6-7/h2-4H,1H3,(H,11,12);3-6,9H,2H2,1H3. The van der Waals surface area contributed by atoms with Crippen LogP contribution in [0.3, 0.4) is 0 Å². The van der Waals surface area contributed by atoms with Crippen molar-refractivity contribution in [2.75, 3.05) is 7.11 Å². The van der Waals surface area contributed by atoms with E-state index in [0.29, 0.717) is 5.75 Å². The fraction of sp³-hybridized carbons (Fsp3) is 0.176. The summed E-state index contributed by atoms with van der Waals surface area (Å²) in [7, 11) is 1.23. The molecule has 23 heavy (non-hydrogen) atoms. The molecule has 0 bridgehead atoms. The highest BCUT2D eigenvalue weighted by Gasteiger charge is 2.12. The quantitative estimate of drug-likeness (QED) is 0.833. The van der Waals surface area contributed by atoms with E-state index in [9.17, 15) is 9.59 Å². The molecule has 0 unspecified atom stereocenters. The number of hydrogen-bond acceptors (Lipinski definition) is 4. The molecule has 0 heterocycles. The Hall–Kier alpha value is -2.53. The van der Waals surface area contributed by atoms with E-state index in [1.165, 1.54) is 30.9 Å². The molecule has 0 aromatic heterocycles. The van der Waals surface area contributed by atoms with E-state index in [2.05, 4.69) is 11.7 Å². The van der Waals surface area contributed by atoms with E-state index in [1.807, 2.05) is 12.1 Å². The predicted octanol–water partition coefficient (Wildman–Crippen LogP) is 3.78. The molecule has 0 aliphatic rings. The third-order valence-electron chi connectivity index (χ3n) is 2.94. The van der Waals surface area contributed by atoms with Crippen molar-refractivity contribution in [2.24, 2.45) is 0 Å². The maximum absolute atomic E-state index is 11.1. The van der Waals surface area contributed by atoms with E-state index >= 15 is 0 Å². The molecule has 0 saturated heterocycles. The molecule has 0 amide bonds. The Morgan fingerprint density at radius 2 is 1.87 bits per heavy atom. The van der Waals surface area contributed by atoms with Crippen LogP contribution >= 0.6 is 11.6 Å². The zero-order chi connectivity index (χ0) is 17.4. The van der Waals surface area contributed by atoms with Gasteiger partial charge in [-0.15, -0.1) is 0 Å². The molecule has 0 saturated carbocycles. The number of halogens is 1. The van der Waals surface area contributed by atoms with Crippen LogP contribution in [0.1, 0.15) is 33.2 Å². The van der Waals surface area contributed by atoms with Crippen LogP contribution in [0, 0.1) is 0 Å². The van der Waals surface area contributed by atoms with Crippen molar-refractivity contribution in [3.8, 4) is 5.75 Å². The second-order valence-electron chi connectivity index (χ2n) is 4.51. The minimum Gasteiger partial charge on any atom is -0.508 e. The summed E-state index contributed by atoms with van der Waals surface area (Å²) in [6.07, 6.45) is 0.981. The Labute approximate surface area is 139 Å². The number of carboxylic acid groups (broad SMARTS) is 1. The smallest absolute Gasteiger partial charge is 0.339 e. The number of ether oxygens (including phenoxy) is 1. The number of phenolic OH excluding ortho intramolecular Hbond substituents is 1. The zero-order valence-electron chi connectivity index (χ0n) is 12.7. The molecule has 0 aliphatic heterocycles. The van der Waals surface area contributed by atoms with Gasteiger partial charge in [0.05, 0.1) is 23.3 Å². The first-order valence-corrected chi connectivity index (χ1v) is 7.15. The summed E-state index contributed by atoms with van der Waals surface area (Å²) in [5, 5.41) is 17.6. The Balaban J connectivity index is 0.000000253. The molecule has 0 spiro atoms. The number of carbonyl (C=O) groups is 2. The fourth-order valence-electron chi connectivity index (χ4n) is 1.70. The summed E-state index contributed by atoms with van der Waals surface area (Å²) < 4.78 is 4.45. The average Bonchev–Trinajstić information content (AvgIpc) is 2.54. The van der Waals surface area contributed by atoms with E-state index in [-0.39, 0.29) is 16.1 Å². The average molecular weight is 337 g/mol. The van der Waals surface area contributed by atoms with Gasteiger partial charge in [0, 0.05) is 0 Å². The van der Waals surface area contributed by atoms with Crippen LogP contribution < -0.4 is 0 Å². The van der Waals surface area contributed by atoms with Gasteiger partial charge in [-0.2, -0.15) is 0 Å². The zero-order valence-corrected chi connectivity index (χ0v) is 13.5. The number of carboxylic acids is 1. The third kappa shape index (κ3) is 5.64. The minimum atomic E-state index is -1.09. The van der Waals surface area contributed by atoms with Crippen molar-refractivity contribution in [1.29, 1.82) is 0 Å². The molecule has 0 atom stereocenters. The number of methoxy groups -OCH3 is 1. The van der Waals surface area contributed by atoms with E-state index in [0.717, 1.165) is 6.42 Å². The molecule has 0 aliphatic carbocycles. The summed E-state index contributed by atoms with van der Waals surface area (Å²) in [4.78, 5) is 21.6. The van der Waals surface area contributed by atoms with Crippen LogP contribution in [0.25, 0.3) is 0 Å². The van der Waals surface area contributed by atoms with Gasteiger partial charge in [0.2, 0.25) is 0 Å². The molecule has 2 aromatic carbocycles. The first-order chi connectivity index (χ1) is 10.9. The molecule has 2 rings (SSSR count). The van der Waals surface area contributed by atoms with Crippen molar-refractivity contribution < 1.29 is 24.5 Å². The Bertz CT molecular complexity index is 697. The molecular weight excluding hydrogens is 320 g/mol. The van der Waals surface area contributed by atoms with Gasteiger partial charge in [0.15, 0.2) is 0 Å². The summed E-state index contributed by atoms with van der Waals surface area (Å²) in [5.41, 5.74) is 1.36. The van der Waals surface area contributed by atoms with Gasteiger partial charge in [-0.25, -0.2) is 9.59 Å². The highest BCUT2D eigenvalue weighted by atomic mass is 35.5.